The molecule has 4 N–H and O–H groups in total. The van der Waals surface area contributed by atoms with Crippen molar-refractivity contribution in [3.05, 3.63) is 103 Å². The lowest BCUT2D eigenvalue weighted by molar-refractivity contribution is -0.137. The number of carbonyl (C=O) groups excluding carboxylic acids is 4. The zero-order chi connectivity index (χ0) is 49.6. The number of aromatic amines is 2. The van der Waals surface area contributed by atoms with Gasteiger partial charge in [0.05, 0.1) is 79.5 Å². The van der Waals surface area contributed by atoms with E-state index < -0.39 is 30.4 Å². The lowest BCUT2D eigenvalue weighted by Gasteiger charge is -2.30. The molecule has 71 heavy (non-hydrogen) atoms. The molecule has 3 saturated heterocycles. The van der Waals surface area contributed by atoms with Crippen molar-refractivity contribution in [1.29, 1.82) is 0 Å². The number of nitrogens with zero attached hydrogens (tertiary/aromatic N) is 7. The molecule has 9 rings (SSSR count). The molecule has 4 amide bonds. The van der Waals surface area contributed by atoms with E-state index in [0.717, 1.165) is 95.3 Å². The zero-order valence-corrected chi connectivity index (χ0v) is 41.0. The first kappa shape index (κ1) is 48.5. The van der Waals surface area contributed by atoms with Crippen LogP contribution in [0.3, 0.4) is 0 Å². The van der Waals surface area contributed by atoms with Crippen molar-refractivity contribution in [2.45, 2.75) is 95.5 Å². The summed E-state index contributed by atoms with van der Waals surface area (Å²) in [5, 5.41) is 5.32. The Balaban J connectivity index is 0.966. The maximum Gasteiger partial charge on any atom is 0.407 e. The number of pyridine rings is 1. The van der Waals surface area contributed by atoms with Gasteiger partial charge >= 0.3 is 12.2 Å². The third-order valence-electron chi connectivity index (χ3n) is 14.2. The number of ether oxygens (including phenoxy) is 3. The minimum Gasteiger partial charge on any atom is -0.453 e. The van der Waals surface area contributed by atoms with Crippen LogP contribution in [0.4, 0.5) is 15.4 Å². The van der Waals surface area contributed by atoms with Gasteiger partial charge in [0.2, 0.25) is 11.8 Å². The van der Waals surface area contributed by atoms with Crippen LogP contribution < -0.4 is 15.5 Å². The van der Waals surface area contributed by atoms with E-state index in [1.165, 1.54) is 40.6 Å². The Kier molecular flexibility index (Phi) is 14.8. The number of likely N-dealkylation sites (tertiary alicyclic amines) is 2. The summed E-state index contributed by atoms with van der Waals surface area (Å²) in [5.74, 6) is 1.98. The summed E-state index contributed by atoms with van der Waals surface area (Å²) < 4.78 is 17.3. The Bertz CT molecular complexity index is 2800. The first-order chi connectivity index (χ1) is 34.6. The molecule has 6 aromatic rings. The number of benzene rings is 2. The lowest BCUT2D eigenvalue weighted by atomic mass is 10.1. The summed E-state index contributed by atoms with van der Waals surface area (Å²) >= 11 is 0. The average Bonchev–Trinajstić information content (AvgIpc) is 4.29. The van der Waals surface area contributed by atoms with E-state index in [9.17, 15) is 19.2 Å². The normalized spacial score (nSPS) is 18.2. The van der Waals surface area contributed by atoms with Gasteiger partial charge in [0.25, 0.3) is 0 Å². The molecule has 0 saturated carbocycles. The fourth-order valence-electron chi connectivity index (χ4n) is 10.2. The summed E-state index contributed by atoms with van der Waals surface area (Å²) in [5.41, 5.74) is 8.52. The smallest absolute Gasteiger partial charge is 0.407 e. The fraction of sp³-hybridized carbons (Fsp3) is 0.415. The molecule has 5 atom stereocenters. The Labute approximate surface area is 413 Å². The molecule has 3 aliphatic rings. The Morgan fingerprint density at radius 1 is 0.620 bits per heavy atom. The minimum atomic E-state index is -0.915. The van der Waals surface area contributed by atoms with Gasteiger partial charge in [-0.15, -0.1) is 0 Å². The number of hydrogen-bond acceptors (Lipinski definition) is 11. The first-order valence-electron chi connectivity index (χ1n) is 24.7. The van der Waals surface area contributed by atoms with Gasteiger partial charge in [0.1, 0.15) is 29.6 Å². The Hall–Kier alpha value is -7.47. The number of nitrogens with one attached hydrogen (secondary N) is 4. The standard InChI is InChI=1S/C53H63N11O7/c1-6-39(59-52(67)70-4)50(65)62-28-10-12-44(62)48-55-31-40(57-48)34-14-18-36(19-15-34)42-23-24-43(64(42)38-22-25-46(54-30-38)61-26-8-7-9-27-61)37-20-16-35(17-21-37)41-32-56-49(58-41)45-13-11-29-63(45)51(66)47(33(2)69-3)60-53(68)71-5/h14-25,30-33,39,44-45,47H,6-13,26-29H2,1-5H3,(H,55,57)(H,56,58)(H,59,67)(H,60,68)/t33?,39?,44?,45-,47?/m0/s1. The second kappa shape index (κ2) is 21.7. The van der Waals surface area contributed by atoms with E-state index in [1.54, 1.807) is 22.9 Å². The number of amides is 4. The highest BCUT2D eigenvalue weighted by atomic mass is 16.5. The van der Waals surface area contributed by atoms with Crippen LogP contribution in [0.2, 0.25) is 0 Å². The Morgan fingerprint density at radius 2 is 1.14 bits per heavy atom. The van der Waals surface area contributed by atoms with Gasteiger partial charge in [0.15, 0.2) is 0 Å². The number of imidazole rings is 2. The molecule has 18 nitrogen and oxygen atoms in total. The summed E-state index contributed by atoms with van der Waals surface area (Å²) in [6.07, 6.45) is 10.8. The number of piperidine rings is 1. The molecule has 3 aliphatic heterocycles. The lowest BCUT2D eigenvalue weighted by Crippen LogP contribution is -2.54. The summed E-state index contributed by atoms with van der Waals surface area (Å²) in [4.78, 5) is 78.9. The molecule has 2 aromatic carbocycles. The number of aromatic nitrogens is 6. The maximum atomic E-state index is 13.8. The molecule has 3 fully saturated rings. The van der Waals surface area contributed by atoms with Crippen molar-refractivity contribution < 1.29 is 33.4 Å². The summed E-state index contributed by atoms with van der Waals surface area (Å²) in [6.45, 7) is 6.73. The second-order valence-corrected chi connectivity index (χ2v) is 18.4. The highest BCUT2D eigenvalue weighted by Crippen LogP contribution is 2.37. The van der Waals surface area contributed by atoms with Crippen LogP contribution >= 0.6 is 0 Å². The van der Waals surface area contributed by atoms with E-state index in [2.05, 4.69) is 103 Å². The number of rotatable bonds is 15. The summed E-state index contributed by atoms with van der Waals surface area (Å²) in [7, 11) is 4.06. The van der Waals surface area contributed by atoms with Crippen molar-refractivity contribution in [2.24, 2.45) is 0 Å². The van der Waals surface area contributed by atoms with Gasteiger partial charge in [-0.05, 0) is 105 Å². The van der Waals surface area contributed by atoms with Crippen LogP contribution in [0.15, 0.2) is 91.4 Å². The van der Waals surface area contributed by atoms with Crippen molar-refractivity contribution in [3.8, 4) is 50.7 Å². The third-order valence-corrected chi connectivity index (χ3v) is 14.2. The highest BCUT2D eigenvalue weighted by Gasteiger charge is 2.39. The third kappa shape index (κ3) is 10.2. The molecule has 0 aliphatic carbocycles. The average molecular weight is 966 g/mol. The predicted octanol–water partition coefficient (Wildman–Crippen LogP) is 8.20. The van der Waals surface area contributed by atoms with Gasteiger partial charge in [-0.2, -0.15) is 0 Å². The predicted molar refractivity (Wildman–Crippen MR) is 268 cm³/mol. The van der Waals surface area contributed by atoms with Crippen molar-refractivity contribution in [2.75, 3.05) is 52.4 Å². The molecule has 0 radical (unpaired) electrons. The number of hydrogen-bond donors (Lipinski definition) is 4. The van der Waals surface area contributed by atoms with Gasteiger partial charge < -0.3 is 54.1 Å². The monoisotopic (exact) mass is 965 g/mol. The van der Waals surface area contributed by atoms with E-state index in [-0.39, 0.29) is 23.9 Å². The topological polar surface area (TPSA) is 205 Å². The SMILES string of the molecule is CCC(NC(=O)OC)C(=O)N1CCCC1c1ncc(-c2ccc(-c3ccc(-c4ccc(-c5cnc([C@@H]6CCCN6C(=O)C(NC(=O)OC)C(C)OC)[nH]5)cc4)n3-c3ccc(N4CCCCC4)nc3)cc2)[nH]1. The van der Waals surface area contributed by atoms with Crippen LogP contribution in [0.25, 0.3) is 50.7 Å². The quantitative estimate of drug-likeness (QED) is 0.0772. The molecule has 4 aromatic heterocycles. The van der Waals surface area contributed by atoms with Gasteiger partial charge in [-0.1, -0.05) is 55.5 Å². The maximum absolute atomic E-state index is 13.8. The molecule has 18 heteroatoms. The molecule has 4 unspecified atom stereocenters. The molecular weight excluding hydrogens is 903 g/mol. The van der Waals surface area contributed by atoms with E-state index in [0.29, 0.717) is 31.2 Å². The Morgan fingerprint density at radius 3 is 1.63 bits per heavy atom. The van der Waals surface area contributed by atoms with Gasteiger partial charge in [-0.25, -0.2) is 24.5 Å². The van der Waals surface area contributed by atoms with Gasteiger partial charge in [-0.3, -0.25) is 9.59 Å². The van der Waals surface area contributed by atoms with Crippen molar-refractivity contribution in [3.63, 3.8) is 0 Å². The number of methoxy groups -OCH3 is 3. The largest absolute Gasteiger partial charge is 0.453 e. The number of anilines is 1. The summed E-state index contributed by atoms with van der Waals surface area (Å²) in [6, 6.07) is 23.2. The van der Waals surface area contributed by atoms with Crippen LogP contribution in [0.5, 0.6) is 0 Å². The zero-order valence-electron chi connectivity index (χ0n) is 41.0. The van der Waals surface area contributed by atoms with Crippen molar-refractivity contribution >= 4 is 29.8 Å². The van der Waals surface area contributed by atoms with Crippen LogP contribution in [0.1, 0.15) is 88.9 Å². The molecule has 0 bridgehead atoms. The highest BCUT2D eigenvalue weighted by molar-refractivity contribution is 5.87. The number of carbonyl (C=O) groups is 4. The second-order valence-electron chi connectivity index (χ2n) is 18.4. The molecule has 372 valence electrons. The fourth-order valence-corrected chi connectivity index (χ4v) is 10.2. The molecule has 7 heterocycles. The number of H-pyrrole nitrogens is 2. The van der Waals surface area contributed by atoms with Crippen molar-refractivity contribution in [1.82, 2.24) is 49.9 Å². The van der Waals surface area contributed by atoms with Crippen LogP contribution in [-0.4, -0.2) is 129 Å². The van der Waals surface area contributed by atoms with Crippen LogP contribution in [0, 0.1) is 0 Å². The van der Waals surface area contributed by atoms with Gasteiger partial charge in [0, 0.05) is 33.3 Å². The van der Waals surface area contributed by atoms with Crippen LogP contribution in [-0.2, 0) is 23.8 Å². The molecular formula is C53H63N11O7. The first-order valence-corrected chi connectivity index (χ1v) is 24.7. The van der Waals surface area contributed by atoms with E-state index in [4.69, 9.17) is 29.2 Å². The minimum absolute atomic E-state index is 0.146. The molecule has 0 spiro atoms. The van der Waals surface area contributed by atoms with E-state index >= 15 is 0 Å². The number of alkyl carbamates (subject to hydrolysis) is 2. The van der Waals surface area contributed by atoms with E-state index in [1.807, 2.05) is 19.3 Å².